The van der Waals surface area contributed by atoms with E-state index in [0.29, 0.717) is 27.7 Å². The number of anilines is 1. The Morgan fingerprint density at radius 2 is 1.85 bits per heavy atom. The highest BCUT2D eigenvalue weighted by molar-refractivity contribution is 6.52. The Labute approximate surface area is 240 Å². The van der Waals surface area contributed by atoms with Gasteiger partial charge in [-0.3, -0.25) is 14.4 Å². The molecule has 1 aliphatic rings. The summed E-state index contributed by atoms with van der Waals surface area (Å²) in [5.41, 5.74) is 2.34. The molecular formula is C30H25ClN4O6. The van der Waals surface area contributed by atoms with Crippen LogP contribution in [0.4, 0.5) is 5.69 Å². The molecule has 1 aromatic heterocycles. The van der Waals surface area contributed by atoms with Gasteiger partial charge in [-0.25, -0.2) is 4.68 Å². The smallest absolute Gasteiger partial charge is 0.299 e. The number of halogens is 1. The van der Waals surface area contributed by atoms with Crippen molar-refractivity contribution in [1.29, 1.82) is 0 Å². The van der Waals surface area contributed by atoms with Crippen LogP contribution < -0.4 is 14.4 Å². The predicted molar refractivity (Wildman–Crippen MR) is 151 cm³/mol. The molecule has 11 heteroatoms. The van der Waals surface area contributed by atoms with Crippen molar-refractivity contribution < 1.29 is 29.0 Å². The number of fused-ring (bicyclic) bond motifs is 1. The fraction of sp³-hybridized carbons (Fsp3) is 0.167. The first-order valence-corrected chi connectivity index (χ1v) is 13.0. The number of para-hydroxylation sites is 1. The number of β-amino-alcohol motifs (C(OH)–C–C–N with tert-alkyl or cyclic N) is 1. The Morgan fingerprint density at radius 1 is 1.07 bits per heavy atom. The highest BCUT2D eigenvalue weighted by Crippen LogP contribution is 2.31. The molecule has 3 aromatic carbocycles. The van der Waals surface area contributed by atoms with E-state index in [0.717, 1.165) is 11.3 Å². The second-order valence-corrected chi connectivity index (χ2v) is 9.68. The number of hydrogen-bond acceptors (Lipinski definition) is 8. The van der Waals surface area contributed by atoms with E-state index in [1.54, 1.807) is 55.8 Å². The van der Waals surface area contributed by atoms with Gasteiger partial charge in [-0.2, -0.15) is 0 Å². The standard InChI is InChI=1S/C30H25ClN4O6/c1-40-23-10-6-19(7-11-23)8-13-27(37)24-4-2-3-5-28(24)41-18-21-15-34(33-32-21)16-22(36)17-35-26-12-9-20(31)14-25(26)29(38)30(35)39/h2-15,22,36H,16-18H2,1H3/b13-8+. The van der Waals surface area contributed by atoms with E-state index in [2.05, 4.69) is 10.3 Å². The molecule has 4 aromatic rings. The largest absolute Gasteiger partial charge is 0.497 e. The molecule has 0 saturated carbocycles. The summed E-state index contributed by atoms with van der Waals surface area (Å²) in [6, 6.07) is 18.8. The van der Waals surface area contributed by atoms with Crippen LogP contribution in [0.3, 0.4) is 0 Å². The number of hydrogen-bond donors (Lipinski definition) is 1. The molecule has 5 rings (SSSR count). The van der Waals surface area contributed by atoms with Crippen LogP contribution in [0, 0.1) is 0 Å². The average Bonchev–Trinajstić information content (AvgIpc) is 3.52. The summed E-state index contributed by atoms with van der Waals surface area (Å²) < 4.78 is 12.4. The summed E-state index contributed by atoms with van der Waals surface area (Å²) in [5.74, 6) is -0.483. The Hall–Kier alpha value is -4.80. The van der Waals surface area contributed by atoms with E-state index in [-0.39, 0.29) is 31.0 Å². The lowest BCUT2D eigenvalue weighted by Crippen LogP contribution is -2.38. The number of amides is 1. The van der Waals surface area contributed by atoms with Gasteiger partial charge in [0.2, 0.25) is 0 Å². The SMILES string of the molecule is COc1ccc(/C=C/C(=O)c2ccccc2OCc2cn(CC(O)CN3C(=O)C(=O)c4cc(Cl)ccc43)nn2)cc1. The third-order valence-corrected chi connectivity index (χ3v) is 6.62. The van der Waals surface area contributed by atoms with Gasteiger partial charge in [-0.05, 0) is 54.1 Å². The quantitative estimate of drug-likeness (QED) is 0.162. The van der Waals surface area contributed by atoms with Crippen LogP contribution in [-0.2, 0) is 17.9 Å². The lowest BCUT2D eigenvalue weighted by atomic mass is 10.1. The fourth-order valence-corrected chi connectivity index (χ4v) is 4.53. The maximum absolute atomic E-state index is 12.9. The maximum Gasteiger partial charge on any atom is 0.299 e. The minimum absolute atomic E-state index is 0.0269. The van der Waals surface area contributed by atoms with Crippen LogP contribution in [0.1, 0.15) is 32.0 Å². The normalized spacial score (nSPS) is 13.5. The average molecular weight is 573 g/mol. The number of Topliss-reactive ketones (excluding diaryl/α,β-unsaturated/α-hetero) is 1. The number of aliphatic hydroxyl groups is 1. The van der Waals surface area contributed by atoms with Gasteiger partial charge in [-0.1, -0.05) is 47.2 Å². The number of carbonyl (C=O) groups is 3. The first-order chi connectivity index (χ1) is 19.8. The van der Waals surface area contributed by atoms with Crippen molar-refractivity contribution in [3.63, 3.8) is 0 Å². The first kappa shape index (κ1) is 27.8. The van der Waals surface area contributed by atoms with Gasteiger partial charge in [0.05, 0.1) is 49.3 Å². The number of methoxy groups -OCH3 is 1. The van der Waals surface area contributed by atoms with Gasteiger partial charge in [0.1, 0.15) is 23.8 Å². The maximum atomic E-state index is 12.9. The highest BCUT2D eigenvalue weighted by atomic mass is 35.5. The van der Waals surface area contributed by atoms with Crippen LogP contribution in [0.2, 0.25) is 5.02 Å². The molecule has 1 aliphatic heterocycles. The molecule has 0 fully saturated rings. The number of benzene rings is 3. The Balaban J connectivity index is 1.18. The van der Waals surface area contributed by atoms with Crippen LogP contribution >= 0.6 is 11.6 Å². The Morgan fingerprint density at radius 3 is 2.63 bits per heavy atom. The monoisotopic (exact) mass is 572 g/mol. The summed E-state index contributed by atoms with van der Waals surface area (Å²) in [7, 11) is 1.59. The summed E-state index contributed by atoms with van der Waals surface area (Å²) in [4.78, 5) is 38.8. The molecule has 0 radical (unpaired) electrons. The Kier molecular flexibility index (Phi) is 8.23. The minimum atomic E-state index is -1.03. The molecule has 0 aliphatic carbocycles. The van der Waals surface area contributed by atoms with Gasteiger partial charge in [-0.15, -0.1) is 5.10 Å². The molecule has 0 bridgehead atoms. The zero-order chi connectivity index (χ0) is 28.9. The topological polar surface area (TPSA) is 124 Å². The number of rotatable bonds is 11. The number of aromatic nitrogens is 3. The van der Waals surface area contributed by atoms with E-state index in [9.17, 15) is 19.5 Å². The van der Waals surface area contributed by atoms with Gasteiger partial charge < -0.3 is 19.5 Å². The second kappa shape index (κ2) is 12.2. The fourth-order valence-electron chi connectivity index (χ4n) is 4.36. The van der Waals surface area contributed by atoms with Crippen molar-refractivity contribution in [2.45, 2.75) is 19.3 Å². The number of nitrogens with zero attached hydrogens (tertiary/aromatic N) is 4. The molecule has 41 heavy (non-hydrogen) atoms. The third-order valence-electron chi connectivity index (χ3n) is 6.38. The van der Waals surface area contributed by atoms with Crippen molar-refractivity contribution in [2.24, 2.45) is 0 Å². The Bertz CT molecular complexity index is 1630. The van der Waals surface area contributed by atoms with Gasteiger partial charge in [0, 0.05) is 5.02 Å². The van der Waals surface area contributed by atoms with E-state index in [1.807, 2.05) is 24.3 Å². The third kappa shape index (κ3) is 6.34. The molecule has 0 spiro atoms. The molecule has 1 amide bonds. The van der Waals surface area contributed by atoms with Crippen LogP contribution in [0.5, 0.6) is 11.5 Å². The lowest BCUT2D eigenvalue weighted by Gasteiger charge is -2.20. The van der Waals surface area contributed by atoms with Gasteiger partial charge in [0.25, 0.3) is 11.7 Å². The van der Waals surface area contributed by atoms with Crippen molar-refractivity contribution in [2.75, 3.05) is 18.6 Å². The molecule has 1 atom stereocenters. The van der Waals surface area contributed by atoms with E-state index < -0.39 is 17.8 Å². The molecular weight excluding hydrogens is 548 g/mol. The molecule has 10 nitrogen and oxygen atoms in total. The number of allylic oxidation sites excluding steroid dienone is 1. The molecule has 0 saturated heterocycles. The molecule has 208 valence electrons. The summed E-state index contributed by atoms with van der Waals surface area (Å²) in [6.45, 7) is -0.0423. The highest BCUT2D eigenvalue weighted by Gasteiger charge is 2.36. The molecule has 1 unspecified atom stereocenters. The summed E-state index contributed by atoms with van der Waals surface area (Å²) >= 11 is 5.95. The van der Waals surface area contributed by atoms with Gasteiger partial charge in [0.15, 0.2) is 5.78 Å². The van der Waals surface area contributed by atoms with Crippen LogP contribution in [-0.4, -0.2) is 57.3 Å². The van der Waals surface area contributed by atoms with Crippen molar-refractivity contribution >= 4 is 40.8 Å². The number of aliphatic hydroxyl groups excluding tert-OH is 1. The van der Waals surface area contributed by atoms with Crippen molar-refractivity contribution in [3.05, 3.63) is 106 Å². The number of carbonyl (C=O) groups excluding carboxylic acids is 3. The zero-order valence-electron chi connectivity index (χ0n) is 21.9. The zero-order valence-corrected chi connectivity index (χ0v) is 22.7. The van der Waals surface area contributed by atoms with Crippen molar-refractivity contribution in [3.8, 4) is 11.5 Å². The van der Waals surface area contributed by atoms with E-state index >= 15 is 0 Å². The number of ketones is 2. The first-order valence-electron chi connectivity index (χ1n) is 12.6. The summed E-state index contributed by atoms with van der Waals surface area (Å²) in [6.07, 6.45) is 3.77. The van der Waals surface area contributed by atoms with Crippen LogP contribution in [0.25, 0.3) is 6.08 Å². The van der Waals surface area contributed by atoms with Crippen LogP contribution in [0.15, 0.2) is 79.0 Å². The lowest BCUT2D eigenvalue weighted by molar-refractivity contribution is -0.114. The second-order valence-electron chi connectivity index (χ2n) is 9.25. The molecule has 1 N–H and O–H groups in total. The number of ether oxygens (including phenoxy) is 2. The van der Waals surface area contributed by atoms with E-state index in [1.165, 1.54) is 21.7 Å². The minimum Gasteiger partial charge on any atom is -0.497 e. The van der Waals surface area contributed by atoms with Gasteiger partial charge >= 0.3 is 0 Å². The molecule has 2 heterocycles. The predicted octanol–water partition coefficient (Wildman–Crippen LogP) is 4.01. The van der Waals surface area contributed by atoms with E-state index in [4.69, 9.17) is 21.1 Å². The van der Waals surface area contributed by atoms with Crippen molar-refractivity contribution in [1.82, 2.24) is 15.0 Å². The summed E-state index contributed by atoms with van der Waals surface area (Å²) in [5, 5.41) is 19.1.